The predicted octanol–water partition coefficient (Wildman–Crippen LogP) is 4.73. The molecular formula is C12H8Br2ClNO2. The van der Waals surface area contributed by atoms with Crippen LogP contribution in [0.5, 0.6) is 0 Å². The molecule has 1 aromatic carbocycles. The summed E-state index contributed by atoms with van der Waals surface area (Å²) in [6.07, 6.45) is 0. The van der Waals surface area contributed by atoms with E-state index in [-0.39, 0.29) is 11.7 Å². The minimum Gasteiger partial charge on any atom is -0.444 e. The first-order chi connectivity index (χ1) is 8.49. The second-order valence-electron chi connectivity index (χ2n) is 3.56. The van der Waals surface area contributed by atoms with Crippen LogP contribution in [0.15, 0.2) is 43.9 Å². The third kappa shape index (κ3) is 2.79. The van der Waals surface area contributed by atoms with Crippen LogP contribution in [0.3, 0.4) is 0 Å². The van der Waals surface area contributed by atoms with E-state index in [1.54, 1.807) is 31.3 Å². The summed E-state index contributed by atoms with van der Waals surface area (Å²) in [6, 6.07) is 8.60. The van der Waals surface area contributed by atoms with Gasteiger partial charge in [-0.05, 0) is 46.3 Å². The Balaban J connectivity index is 2.31. The van der Waals surface area contributed by atoms with Crippen LogP contribution in [0.4, 0.5) is 5.69 Å². The van der Waals surface area contributed by atoms with E-state index < -0.39 is 0 Å². The number of halogens is 3. The molecule has 0 saturated carbocycles. The molecule has 0 aliphatic rings. The smallest absolute Gasteiger partial charge is 0.293 e. The van der Waals surface area contributed by atoms with Crippen molar-refractivity contribution in [2.75, 3.05) is 11.9 Å². The first kappa shape index (κ1) is 13.6. The Labute approximate surface area is 126 Å². The molecular weight excluding hydrogens is 385 g/mol. The summed E-state index contributed by atoms with van der Waals surface area (Å²) in [5, 5.41) is 0.492. The SMILES string of the molecule is CN(C(=O)c1ccc(Br)o1)c1ccc(Br)cc1Cl. The molecule has 2 aromatic rings. The fraction of sp³-hybridized carbons (Fsp3) is 0.0833. The highest BCUT2D eigenvalue weighted by atomic mass is 79.9. The van der Waals surface area contributed by atoms with Crippen molar-refractivity contribution in [3.05, 3.63) is 50.3 Å². The zero-order valence-corrected chi connectivity index (χ0v) is 13.2. The maximum Gasteiger partial charge on any atom is 0.293 e. The molecule has 0 aliphatic heterocycles. The van der Waals surface area contributed by atoms with Crippen LogP contribution in [0.1, 0.15) is 10.6 Å². The number of carbonyl (C=O) groups is 1. The number of benzene rings is 1. The summed E-state index contributed by atoms with van der Waals surface area (Å²) >= 11 is 12.6. The van der Waals surface area contributed by atoms with Crippen molar-refractivity contribution in [3.63, 3.8) is 0 Å². The fourth-order valence-corrected chi connectivity index (χ4v) is 2.56. The number of nitrogens with zero attached hydrogens (tertiary/aromatic N) is 1. The van der Waals surface area contributed by atoms with Gasteiger partial charge in [0, 0.05) is 11.5 Å². The third-order valence-electron chi connectivity index (χ3n) is 2.36. The Morgan fingerprint density at radius 2 is 2.00 bits per heavy atom. The van der Waals surface area contributed by atoms with Crippen molar-refractivity contribution in [2.24, 2.45) is 0 Å². The van der Waals surface area contributed by atoms with Gasteiger partial charge in [0.2, 0.25) is 0 Å². The lowest BCUT2D eigenvalue weighted by Gasteiger charge is -2.17. The summed E-state index contributed by atoms with van der Waals surface area (Å²) in [4.78, 5) is 13.6. The van der Waals surface area contributed by atoms with Crippen molar-refractivity contribution in [3.8, 4) is 0 Å². The van der Waals surface area contributed by atoms with Gasteiger partial charge in [-0.2, -0.15) is 0 Å². The molecule has 0 unspecified atom stereocenters. The van der Waals surface area contributed by atoms with Crippen LogP contribution >= 0.6 is 43.5 Å². The normalized spacial score (nSPS) is 10.4. The van der Waals surface area contributed by atoms with Gasteiger partial charge in [0.15, 0.2) is 10.4 Å². The standard InChI is InChI=1S/C12H8Br2ClNO2/c1-16(9-3-2-7(13)6-8(9)15)12(17)10-4-5-11(14)18-10/h2-6H,1H3. The van der Waals surface area contributed by atoms with Crippen LogP contribution < -0.4 is 4.90 Å². The quantitative estimate of drug-likeness (QED) is 0.739. The Kier molecular flexibility index (Phi) is 4.14. The topological polar surface area (TPSA) is 33.5 Å². The average molecular weight is 393 g/mol. The van der Waals surface area contributed by atoms with Crippen molar-refractivity contribution >= 4 is 55.1 Å². The molecule has 1 amide bonds. The number of hydrogen-bond donors (Lipinski definition) is 0. The molecule has 0 spiro atoms. The second kappa shape index (κ2) is 5.47. The van der Waals surface area contributed by atoms with Gasteiger partial charge in [-0.15, -0.1) is 0 Å². The molecule has 0 radical (unpaired) electrons. The Morgan fingerprint density at radius 1 is 1.28 bits per heavy atom. The van der Waals surface area contributed by atoms with Crippen molar-refractivity contribution in [1.29, 1.82) is 0 Å². The van der Waals surface area contributed by atoms with Gasteiger partial charge < -0.3 is 9.32 Å². The monoisotopic (exact) mass is 391 g/mol. The summed E-state index contributed by atoms with van der Waals surface area (Å²) in [7, 11) is 1.65. The lowest BCUT2D eigenvalue weighted by Crippen LogP contribution is -2.26. The maximum atomic E-state index is 12.1. The molecule has 0 fully saturated rings. The van der Waals surface area contributed by atoms with E-state index in [1.165, 1.54) is 4.90 Å². The first-order valence-electron chi connectivity index (χ1n) is 4.97. The minimum atomic E-state index is -0.259. The van der Waals surface area contributed by atoms with Gasteiger partial charge in [0.25, 0.3) is 5.91 Å². The second-order valence-corrected chi connectivity index (χ2v) is 5.67. The van der Waals surface area contributed by atoms with Gasteiger partial charge in [0.1, 0.15) is 0 Å². The van der Waals surface area contributed by atoms with Crippen LogP contribution in [0.2, 0.25) is 5.02 Å². The van der Waals surface area contributed by atoms with Crippen molar-refractivity contribution in [1.82, 2.24) is 0 Å². The number of carbonyl (C=O) groups excluding carboxylic acids is 1. The highest BCUT2D eigenvalue weighted by Gasteiger charge is 2.19. The molecule has 0 atom stereocenters. The molecule has 2 rings (SSSR count). The summed E-state index contributed by atoms with van der Waals surface area (Å²) in [5.74, 6) is -0.00622. The van der Waals surface area contributed by atoms with Crippen molar-refractivity contribution < 1.29 is 9.21 Å². The molecule has 18 heavy (non-hydrogen) atoms. The Morgan fingerprint density at radius 3 is 2.56 bits per heavy atom. The lowest BCUT2D eigenvalue weighted by atomic mass is 10.3. The summed E-state index contributed by atoms with van der Waals surface area (Å²) in [5.41, 5.74) is 0.623. The number of amides is 1. The first-order valence-corrected chi connectivity index (χ1v) is 6.94. The summed E-state index contributed by atoms with van der Waals surface area (Å²) in [6.45, 7) is 0. The molecule has 1 aromatic heterocycles. The molecule has 1 heterocycles. The minimum absolute atomic E-state index is 0.253. The van der Waals surface area contributed by atoms with Gasteiger partial charge >= 0.3 is 0 Å². The van der Waals surface area contributed by atoms with E-state index in [0.29, 0.717) is 15.4 Å². The highest BCUT2D eigenvalue weighted by molar-refractivity contribution is 9.10. The van der Waals surface area contributed by atoms with E-state index >= 15 is 0 Å². The van der Waals surface area contributed by atoms with Crippen LogP contribution in [-0.4, -0.2) is 13.0 Å². The van der Waals surface area contributed by atoms with Gasteiger partial charge in [-0.25, -0.2) is 0 Å². The number of rotatable bonds is 2. The van der Waals surface area contributed by atoms with Crippen molar-refractivity contribution in [2.45, 2.75) is 0 Å². The number of hydrogen-bond acceptors (Lipinski definition) is 2. The number of furan rings is 1. The van der Waals surface area contributed by atoms with E-state index in [0.717, 1.165) is 4.47 Å². The van der Waals surface area contributed by atoms with Crippen LogP contribution in [0.25, 0.3) is 0 Å². The molecule has 3 nitrogen and oxygen atoms in total. The summed E-state index contributed by atoms with van der Waals surface area (Å²) < 4.78 is 6.60. The van der Waals surface area contributed by atoms with Gasteiger partial charge in [-0.3, -0.25) is 4.79 Å². The molecule has 94 valence electrons. The van der Waals surface area contributed by atoms with Gasteiger partial charge in [0.05, 0.1) is 10.7 Å². The molecule has 0 bridgehead atoms. The van der Waals surface area contributed by atoms with E-state index in [1.807, 2.05) is 6.07 Å². The zero-order valence-electron chi connectivity index (χ0n) is 9.28. The van der Waals surface area contributed by atoms with E-state index in [9.17, 15) is 4.79 Å². The highest BCUT2D eigenvalue weighted by Crippen LogP contribution is 2.29. The fourth-order valence-electron chi connectivity index (χ4n) is 1.46. The lowest BCUT2D eigenvalue weighted by molar-refractivity contribution is 0.0965. The average Bonchev–Trinajstić information content (AvgIpc) is 2.74. The molecule has 0 N–H and O–H groups in total. The van der Waals surface area contributed by atoms with Crippen LogP contribution in [-0.2, 0) is 0 Å². The molecule has 6 heteroatoms. The Hall–Kier alpha value is -0.780. The van der Waals surface area contributed by atoms with Gasteiger partial charge in [-0.1, -0.05) is 27.5 Å². The molecule has 0 saturated heterocycles. The zero-order chi connectivity index (χ0) is 13.3. The predicted molar refractivity (Wildman–Crippen MR) is 78.3 cm³/mol. The Bertz CT molecular complexity index is 598. The number of anilines is 1. The molecule has 0 aliphatic carbocycles. The third-order valence-corrected chi connectivity index (χ3v) is 3.58. The largest absolute Gasteiger partial charge is 0.444 e. The maximum absolute atomic E-state index is 12.1. The van der Waals surface area contributed by atoms with E-state index in [4.69, 9.17) is 16.0 Å². The van der Waals surface area contributed by atoms with E-state index in [2.05, 4.69) is 31.9 Å². The van der Waals surface area contributed by atoms with Crippen LogP contribution in [0, 0.1) is 0 Å².